The highest BCUT2D eigenvalue weighted by Gasteiger charge is 2.06. The van der Waals surface area contributed by atoms with Gasteiger partial charge in [-0.05, 0) is 28.4 Å². The standard InChI is InChI=1S/C16H18Br2O2/c1-2-3-4-5-6-7-8-9-10-11-12-13-14(17)15(18)16(19)20/h5-10H,2-4,13H2,1H3,(H,19,20)/b6-5+,8-7+,10-9+,15-14+. The smallest absolute Gasteiger partial charge is 0.343 e. The van der Waals surface area contributed by atoms with Gasteiger partial charge in [0.05, 0.1) is 0 Å². The van der Waals surface area contributed by atoms with Crippen molar-refractivity contribution < 1.29 is 9.90 Å². The van der Waals surface area contributed by atoms with Crippen molar-refractivity contribution in [3.63, 3.8) is 0 Å². The van der Waals surface area contributed by atoms with Crippen molar-refractivity contribution in [2.24, 2.45) is 0 Å². The number of halogens is 2. The van der Waals surface area contributed by atoms with Crippen LogP contribution in [-0.2, 0) is 4.79 Å². The van der Waals surface area contributed by atoms with Gasteiger partial charge in [0.2, 0.25) is 0 Å². The van der Waals surface area contributed by atoms with Crippen molar-refractivity contribution in [2.75, 3.05) is 0 Å². The highest BCUT2D eigenvalue weighted by molar-refractivity contribution is 9.14. The molecule has 1 N–H and O–H groups in total. The minimum atomic E-state index is -1.01. The molecule has 0 amide bonds. The molecule has 0 aliphatic carbocycles. The van der Waals surface area contributed by atoms with E-state index in [0.717, 1.165) is 6.42 Å². The molecule has 2 nitrogen and oxygen atoms in total. The molecule has 0 aromatic carbocycles. The number of unbranched alkanes of at least 4 members (excludes halogenated alkanes) is 2. The van der Waals surface area contributed by atoms with Crippen LogP contribution in [0.3, 0.4) is 0 Å². The fraction of sp³-hybridized carbons (Fsp3) is 0.312. The van der Waals surface area contributed by atoms with Crippen molar-refractivity contribution in [2.45, 2.75) is 32.6 Å². The van der Waals surface area contributed by atoms with Gasteiger partial charge in [0.15, 0.2) is 0 Å². The summed E-state index contributed by atoms with van der Waals surface area (Å²) >= 11 is 6.14. The number of rotatable bonds is 7. The van der Waals surface area contributed by atoms with Crippen molar-refractivity contribution in [1.29, 1.82) is 0 Å². The summed E-state index contributed by atoms with van der Waals surface area (Å²) in [5.74, 6) is 4.68. The zero-order valence-corrected chi connectivity index (χ0v) is 14.6. The van der Waals surface area contributed by atoms with E-state index in [1.807, 2.05) is 24.3 Å². The van der Waals surface area contributed by atoms with Gasteiger partial charge >= 0.3 is 5.97 Å². The predicted octanol–water partition coefficient (Wildman–Crippen LogP) is 5.32. The molecule has 0 aromatic heterocycles. The molecule has 0 saturated carbocycles. The molecular weight excluding hydrogens is 384 g/mol. The Morgan fingerprint density at radius 3 is 2.55 bits per heavy atom. The van der Waals surface area contributed by atoms with E-state index in [1.54, 1.807) is 6.08 Å². The van der Waals surface area contributed by atoms with Crippen molar-refractivity contribution in [1.82, 2.24) is 0 Å². The van der Waals surface area contributed by atoms with Gasteiger partial charge in [0, 0.05) is 10.9 Å². The average Bonchev–Trinajstić information content (AvgIpc) is 2.43. The third-order valence-electron chi connectivity index (χ3n) is 2.14. The second kappa shape index (κ2) is 13.0. The van der Waals surface area contributed by atoms with Crippen LogP contribution in [0, 0.1) is 11.8 Å². The van der Waals surface area contributed by atoms with E-state index in [-0.39, 0.29) is 4.48 Å². The monoisotopic (exact) mass is 400 g/mol. The number of carbonyl (C=O) groups is 1. The van der Waals surface area contributed by atoms with Gasteiger partial charge in [-0.1, -0.05) is 77.9 Å². The highest BCUT2D eigenvalue weighted by atomic mass is 79.9. The second-order valence-electron chi connectivity index (χ2n) is 3.84. The van der Waals surface area contributed by atoms with Crippen molar-refractivity contribution in [3.05, 3.63) is 45.4 Å². The van der Waals surface area contributed by atoms with E-state index in [0.29, 0.717) is 10.9 Å². The van der Waals surface area contributed by atoms with Gasteiger partial charge in [-0.2, -0.15) is 0 Å². The Morgan fingerprint density at radius 2 is 1.90 bits per heavy atom. The van der Waals surface area contributed by atoms with E-state index in [2.05, 4.69) is 56.7 Å². The van der Waals surface area contributed by atoms with E-state index < -0.39 is 5.97 Å². The predicted molar refractivity (Wildman–Crippen MR) is 91.9 cm³/mol. The Morgan fingerprint density at radius 1 is 1.20 bits per heavy atom. The summed E-state index contributed by atoms with van der Waals surface area (Å²) in [6.07, 6.45) is 15.5. The van der Waals surface area contributed by atoms with Crippen LogP contribution >= 0.6 is 31.9 Å². The minimum absolute atomic E-state index is 0.105. The molecule has 0 aromatic rings. The molecule has 4 heteroatoms. The summed E-state index contributed by atoms with van der Waals surface area (Å²) < 4.78 is 0.633. The molecule has 0 bridgehead atoms. The number of carboxylic acids is 1. The third kappa shape index (κ3) is 10.8. The zero-order valence-electron chi connectivity index (χ0n) is 11.4. The molecule has 0 radical (unpaired) electrons. The maximum Gasteiger partial charge on any atom is 0.343 e. The van der Waals surface area contributed by atoms with Crippen molar-refractivity contribution in [3.8, 4) is 11.8 Å². The summed E-state index contributed by atoms with van der Waals surface area (Å²) in [6.45, 7) is 2.17. The first-order chi connectivity index (χ1) is 9.59. The molecule has 0 fully saturated rings. The first-order valence-corrected chi connectivity index (χ1v) is 7.92. The molecular formula is C16H18Br2O2. The van der Waals surface area contributed by atoms with Crippen LogP contribution in [0.5, 0.6) is 0 Å². The normalized spacial score (nSPS) is 12.8. The number of allylic oxidation sites excluding steroid dienone is 7. The van der Waals surface area contributed by atoms with Crippen LogP contribution in [-0.4, -0.2) is 11.1 Å². The third-order valence-corrected chi connectivity index (χ3v) is 4.17. The fourth-order valence-electron chi connectivity index (χ4n) is 1.11. The van der Waals surface area contributed by atoms with Crippen LogP contribution in [0.15, 0.2) is 45.4 Å². The molecule has 0 heterocycles. The molecule has 0 saturated heterocycles. The van der Waals surface area contributed by atoms with Gasteiger partial charge in [-0.25, -0.2) is 4.79 Å². The molecule has 108 valence electrons. The van der Waals surface area contributed by atoms with Crippen LogP contribution in [0.2, 0.25) is 0 Å². The second-order valence-corrected chi connectivity index (χ2v) is 5.59. The zero-order chi connectivity index (χ0) is 15.2. The molecule has 0 spiro atoms. The minimum Gasteiger partial charge on any atom is -0.477 e. The van der Waals surface area contributed by atoms with Crippen LogP contribution in [0.25, 0.3) is 0 Å². The van der Waals surface area contributed by atoms with E-state index in [4.69, 9.17) is 5.11 Å². The lowest BCUT2D eigenvalue weighted by Crippen LogP contribution is -1.94. The SMILES string of the molecule is CCCC/C=C/C=C/C=C/C#CC/C(Br)=C(\Br)C(=O)O. The highest BCUT2D eigenvalue weighted by Crippen LogP contribution is 2.20. The van der Waals surface area contributed by atoms with E-state index in [1.165, 1.54) is 12.8 Å². The van der Waals surface area contributed by atoms with Crippen molar-refractivity contribution >= 4 is 37.8 Å². The quantitative estimate of drug-likeness (QED) is 0.271. The van der Waals surface area contributed by atoms with Gasteiger partial charge in [-0.15, -0.1) is 0 Å². The lowest BCUT2D eigenvalue weighted by molar-refractivity contribution is -0.131. The molecule has 0 aliphatic rings. The van der Waals surface area contributed by atoms with Crippen LogP contribution in [0.4, 0.5) is 0 Å². The van der Waals surface area contributed by atoms with Crippen LogP contribution < -0.4 is 0 Å². The fourth-order valence-corrected chi connectivity index (χ4v) is 1.56. The Hall–Kier alpha value is -1.05. The maximum atomic E-state index is 10.6. The Balaban J connectivity index is 4.06. The number of carboxylic acid groups (broad SMARTS) is 1. The molecule has 0 rings (SSSR count). The summed E-state index contributed by atoms with van der Waals surface area (Å²) in [5, 5.41) is 8.72. The van der Waals surface area contributed by atoms with E-state index in [9.17, 15) is 4.79 Å². The topological polar surface area (TPSA) is 37.3 Å². The summed E-state index contributed by atoms with van der Waals surface area (Å²) in [6, 6.07) is 0. The van der Waals surface area contributed by atoms with Gasteiger partial charge < -0.3 is 5.11 Å². The summed E-state index contributed by atoms with van der Waals surface area (Å²) in [5.41, 5.74) is 0. The number of aliphatic carboxylic acids is 1. The lowest BCUT2D eigenvalue weighted by Gasteiger charge is -1.93. The van der Waals surface area contributed by atoms with Gasteiger partial charge in [0.1, 0.15) is 4.48 Å². The first kappa shape index (κ1) is 18.9. The summed E-state index contributed by atoms with van der Waals surface area (Å²) in [4.78, 5) is 10.6. The Kier molecular flexibility index (Phi) is 12.3. The van der Waals surface area contributed by atoms with Crippen LogP contribution in [0.1, 0.15) is 32.6 Å². The molecule has 0 aliphatic heterocycles. The van der Waals surface area contributed by atoms with Gasteiger partial charge in [0.25, 0.3) is 0 Å². The molecule has 0 atom stereocenters. The summed E-state index contributed by atoms with van der Waals surface area (Å²) in [7, 11) is 0. The number of hydrogen-bond acceptors (Lipinski definition) is 1. The lowest BCUT2D eigenvalue weighted by atomic mass is 10.2. The number of hydrogen-bond donors (Lipinski definition) is 1. The first-order valence-electron chi connectivity index (χ1n) is 6.33. The molecule has 20 heavy (non-hydrogen) atoms. The molecule has 0 unspecified atom stereocenters. The largest absolute Gasteiger partial charge is 0.477 e. The average molecular weight is 402 g/mol. The Labute approximate surface area is 137 Å². The maximum absolute atomic E-state index is 10.6. The Bertz CT molecular complexity index is 474. The van der Waals surface area contributed by atoms with Gasteiger partial charge in [-0.3, -0.25) is 0 Å². The van der Waals surface area contributed by atoms with E-state index >= 15 is 0 Å².